The summed E-state index contributed by atoms with van der Waals surface area (Å²) >= 11 is 1.26. The molecule has 0 saturated carbocycles. The van der Waals surface area contributed by atoms with Crippen LogP contribution in [0, 0.1) is 5.92 Å². The van der Waals surface area contributed by atoms with E-state index in [0.29, 0.717) is 17.5 Å². The largest absolute Gasteiger partial charge is 0.351 e. The average molecular weight is 407 g/mol. The monoisotopic (exact) mass is 406 g/mol. The number of nitrogens with one attached hydrogen (secondary N) is 1. The molecule has 2 aromatic rings. The summed E-state index contributed by atoms with van der Waals surface area (Å²) in [6, 6.07) is 17.0. The summed E-state index contributed by atoms with van der Waals surface area (Å²) in [6.45, 7) is 4.44. The van der Waals surface area contributed by atoms with Crippen LogP contribution in [0.3, 0.4) is 0 Å². The lowest BCUT2D eigenvalue weighted by Gasteiger charge is -2.25. The van der Waals surface area contributed by atoms with Gasteiger partial charge in [0.2, 0.25) is 5.91 Å². The first-order valence-corrected chi connectivity index (χ1v) is 10.6. The molecule has 6 nitrogen and oxygen atoms in total. The van der Waals surface area contributed by atoms with E-state index in [9.17, 15) is 9.59 Å². The van der Waals surface area contributed by atoms with E-state index in [-0.39, 0.29) is 23.5 Å². The smallest absolute Gasteiger partial charge is 0.259 e. The van der Waals surface area contributed by atoms with Crippen molar-refractivity contribution in [1.29, 1.82) is 0 Å². The van der Waals surface area contributed by atoms with Crippen LogP contribution >= 0.6 is 11.8 Å². The molecule has 0 bridgehead atoms. The summed E-state index contributed by atoms with van der Waals surface area (Å²) in [4.78, 5) is 36.2. The number of aliphatic imine (C=N–C) groups is 2. The van der Waals surface area contributed by atoms with E-state index in [1.165, 1.54) is 11.8 Å². The Labute approximate surface area is 174 Å². The van der Waals surface area contributed by atoms with Gasteiger partial charge in [-0.15, -0.1) is 0 Å². The van der Waals surface area contributed by atoms with Crippen molar-refractivity contribution in [2.24, 2.45) is 15.9 Å². The van der Waals surface area contributed by atoms with Gasteiger partial charge in [-0.05, 0) is 23.6 Å². The van der Waals surface area contributed by atoms with Gasteiger partial charge in [-0.25, -0.2) is 9.89 Å². The summed E-state index contributed by atoms with van der Waals surface area (Å²) < 4.78 is 0. The predicted octanol–water partition coefficient (Wildman–Crippen LogP) is 3.35. The molecule has 1 atom stereocenters. The number of nitrogens with zero attached hydrogens (tertiary/aromatic N) is 3. The lowest BCUT2D eigenvalue weighted by molar-refractivity contribution is -0.125. The molecule has 4 rings (SSSR count). The van der Waals surface area contributed by atoms with Crippen molar-refractivity contribution in [3.63, 3.8) is 0 Å². The van der Waals surface area contributed by atoms with E-state index >= 15 is 0 Å². The van der Waals surface area contributed by atoms with E-state index < -0.39 is 6.04 Å². The van der Waals surface area contributed by atoms with Crippen molar-refractivity contribution < 1.29 is 9.59 Å². The number of thioether (sulfide) groups is 1. The molecule has 1 N–H and O–H groups in total. The minimum absolute atomic E-state index is 0.0829. The zero-order valence-corrected chi connectivity index (χ0v) is 17.1. The van der Waals surface area contributed by atoms with Crippen LogP contribution in [0.1, 0.15) is 25.0 Å². The van der Waals surface area contributed by atoms with Gasteiger partial charge in [0.25, 0.3) is 5.91 Å². The molecule has 7 heteroatoms. The van der Waals surface area contributed by atoms with Crippen LogP contribution in [0.4, 0.5) is 5.69 Å². The highest BCUT2D eigenvalue weighted by Gasteiger charge is 2.42. The van der Waals surface area contributed by atoms with Crippen molar-refractivity contribution in [1.82, 2.24) is 10.2 Å². The van der Waals surface area contributed by atoms with Gasteiger partial charge in [0.1, 0.15) is 11.9 Å². The van der Waals surface area contributed by atoms with Crippen LogP contribution < -0.4 is 5.32 Å². The number of carbonyl (C=O) groups excluding carboxylic acids is 2. The van der Waals surface area contributed by atoms with Crippen molar-refractivity contribution >= 4 is 40.3 Å². The second kappa shape index (κ2) is 8.21. The van der Waals surface area contributed by atoms with Crippen molar-refractivity contribution in [2.45, 2.75) is 26.4 Å². The second-order valence-corrected chi connectivity index (χ2v) is 8.22. The third kappa shape index (κ3) is 3.96. The molecule has 2 amide bonds. The van der Waals surface area contributed by atoms with Gasteiger partial charge >= 0.3 is 0 Å². The number of para-hydroxylation sites is 1. The average Bonchev–Trinajstić information content (AvgIpc) is 3.09. The standard InChI is InChI=1S/C22H22N4O2S/c1-14(2)19-21(28)26-20(25-19)16-10-6-7-11-17(16)24-22(26)29-13-18(27)23-12-15-8-4-3-5-9-15/h3-11,14,19H,12-13H2,1-2H3,(H,23,27)/t19-/m1/s1. The number of amidine groups is 2. The fourth-order valence-corrected chi connectivity index (χ4v) is 4.11. The Bertz CT molecular complexity index is 1000. The van der Waals surface area contributed by atoms with Crippen molar-refractivity contribution in [3.05, 3.63) is 65.7 Å². The number of hydrogen-bond acceptors (Lipinski definition) is 5. The normalized spacial score (nSPS) is 17.6. The fraction of sp³-hybridized carbons (Fsp3) is 0.273. The van der Waals surface area contributed by atoms with E-state index in [1.807, 2.05) is 68.4 Å². The molecule has 2 aliphatic rings. The van der Waals surface area contributed by atoms with Gasteiger partial charge in [-0.3, -0.25) is 14.6 Å². The first-order chi connectivity index (χ1) is 14.0. The Morgan fingerprint density at radius 3 is 2.62 bits per heavy atom. The molecule has 2 aliphatic heterocycles. The molecule has 148 valence electrons. The minimum atomic E-state index is -0.422. The van der Waals surface area contributed by atoms with Crippen LogP contribution in [0.25, 0.3) is 0 Å². The Morgan fingerprint density at radius 1 is 1.14 bits per heavy atom. The van der Waals surface area contributed by atoms with Crippen LogP contribution in [0.5, 0.6) is 0 Å². The highest BCUT2D eigenvalue weighted by Crippen LogP contribution is 2.34. The summed E-state index contributed by atoms with van der Waals surface area (Å²) in [7, 11) is 0. The summed E-state index contributed by atoms with van der Waals surface area (Å²) in [5.74, 6) is 0.711. The van der Waals surface area contributed by atoms with Crippen molar-refractivity contribution in [2.75, 3.05) is 5.75 Å². The maximum atomic E-state index is 13.0. The number of hydrogen-bond donors (Lipinski definition) is 1. The molecule has 0 radical (unpaired) electrons. The van der Waals surface area contributed by atoms with E-state index in [2.05, 4.69) is 15.3 Å². The fourth-order valence-electron chi connectivity index (χ4n) is 3.28. The molecule has 0 unspecified atom stereocenters. The molecule has 2 aromatic carbocycles. The lowest BCUT2D eigenvalue weighted by Crippen LogP contribution is -2.42. The third-order valence-corrected chi connectivity index (χ3v) is 5.73. The number of amides is 2. The highest BCUT2D eigenvalue weighted by atomic mass is 32.2. The Hall–Kier alpha value is -2.93. The Kier molecular flexibility index (Phi) is 5.49. The van der Waals surface area contributed by atoms with Gasteiger partial charge in [-0.1, -0.05) is 68.1 Å². The topological polar surface area (TPSA) is 74.1 Å². The van der Waals surface area contributed by atoms with Crippen LogP contribution in [0.2, 0.25) is 0 Å². The number of rotatable bonds is 5. The summed E-state index contributed by atoms with van der Waals surface area (Å²) in [6.07, 6.45) is 0. The minimum Gasteiger partial charge on any atom is -0.351 e. The first kappa shape index (κ1) is 19.4. The highest BCUT2D eigenvalue weighted by molar-refractivity contribution is 8.14. The van der Waals surface area contributed by atoms with E-state index in [1.54, 1.807) is 4.90 Å². The van der Waals surface area contributed by atoms with Crippen LogP contribution in [-0.2, 0) is 16.1 Å². The van der Waals surface area contributed by atoms with Gasteiger partial charge in [0.15, 0.2) is 5.17 Å². The van der Waals surface area contributed by atoms with E-state index in [4.69, 9.17) is 0 Å². The van der Waals surface area contributed by atoms with Crippen LogP contribution in [0.15, 0.2) is 64.6 Å². The SMILES string of the molecule is CC(C)[C@H]1N=C2c3ccccc3N=C(SCC(=O)NCc3ccccc3)N2C1=O. The molecular formula is C22H22N4O2S. The van der Waals surface area contributed by atoms with Gasteiger partial charge in [0.05, 0.1) is 11.4 Å². The maximum Gasteiger partial charge on any atom is 0.259 e. The van der Waals surface area contributed by atoms with Crippen molar-refractivity contribution in [3.8, 4) is 0 Å². The molecule has 0 spiro atoms. The third-order valence-electron chi connectivity index (χ3n) is 4.80. The van der Waals surface area contributed by atoms with E-state index in [0.717, 1.165) is 16.8 Å². The molecule has 0 saturated heterocycles. The quantitative estimate of drug-likeness (QED) is 0.828. The lowest BCUT2D eigenvalue weighted by atomic mass is 10.1. The zero-order valence-electron chi connectivity index (χ0n) is 16.3. The van der Waals surface area contributed by atoms with Crippen LogP contribution in [-0.4, -0.2) is 39.5 Å². The number of benzene rings is 2. The molecule has 0 fully saturated rings. The molecular weight excluding hydrogens is 384 g/mol. The van der Waals surface area contributed by atoms with Gasteiger partial charge in [0, 0.05) is 12.1 Å². The maximum absolute atomic E-state index is 13.0. The molecule has 0 aliphatic carbocycles. The first-order valence-electron chi connectivity index (χ1n) is 9.58. The molecule has 0 aromatic heterocycles. The Morgan fingerprint density at radius 2 is 1.86 bits per heavy atom. The molecule has 29 heavy (non-hydrogen) atoms. The predicted molar refractivity (Wildman–Crippen MR) is 116 cm³/mol. The summed E-state index contributed by atoms with van der Waals surface area (Å²) in [5, 5.41) is 3.41. The summed E-state index contributed by atoms with van der Waals surface area (Å²) in [5.41, 5.74) is 2.66. The second-order valence-electron chi connectivity index (χ2n) is 7.28. The Balaban J connectivity index is 1.50. The van der Waals surface area contributed by atoms with Gasteiger partial charge < -0.3 is 5.32 Å². The zero-order chi connectivity index (χ0) is 20.4. The number of fused-ring (bicyclic) bond motifs is 3. The molecule has 2 heterocycles. The van der Waals surface area contributed by atoms with Gasteiger partial charge in [-0.2, -0.15) is 0 Å². The number of carbonyl (C=O) groups is 2.